The number of halogens is 1. The number of imidazole rings is 1. The lowest BCUT2D eigenvalue weighted by atomic mass is 10.1. The minimum atomic E-state index is -0.0551. The van der Waals surface area contributed by atoms with Crippen molar-refractivity contribution in [3.05, 3.63) is 81.2 Å². The number of pyridine rings is 1. The molecule has 0 amide bonds. The molecule has 2 heterocycles. The SMILES string of the molecule is COc1ccc(Cn2cc(Br)c3ccc(-n4cnc(C5CC5)c4)cc3c2=O)c(OC)c1. The van der Waals surface area contributed by atoms with Crippen LogP contribution in [0.5, 0.6) is 11.5 Å². The number of hydrogen-bond acceptors (Lipinski definition) is 4. The molecule has 5 rings (SSSR count). The Hall–Kier alpha value is -3.06. The Balaban J connectivity index is 1.56. The Morgan fingerprint density at radius 2 is 1.90 bits per heavy atom. The van der Waals surface area contributed by atoms with Crippen LogP contribution in [0.15, 0.2) is 64.4 Å². The maximum atomic E-state index is 13.4. The summed E-state index contributed by atoms with van der Waals surface area (Å²) in [4.78, 5) is 17.9. The van der Waals surface area contributed by atoms with E-state index in [-0.39, 0.29) is 5.56 Å². The molecule has 1 saturated carbocycles. The molecule has 0 unspecified atom stereocenters. The van der Waals surface area contributed by atoms with Crippen LogP contribution in [0.3, 0.4) is 0 Å². The first-order valence-corrected chi connectivity index (χ1v) is 10.9. The molecule has 7 heteroatoms. The van der Waals surface area contributed by atoms with Gasteiger partial charge >= 0.3 is 0 Å². The van der Waals surface area contributed by atoms with Gasteiger partial charge in [-0.15, -0.1) is 0 Å². The third-order valence-corrected chi connectivity index (χ3v) is 6.38. The van der Waals surface area contributed by atoms with Gasteiger partial charge in [0.15, 0.2) is 0 Å². The summed E-state index contributed by atoms with van der Waals surface area (Å²) in [5.41, 5.74) is 2.89. The maximum Gasteiger partial charge on any atom is 0.258 e. The van der Waals surface area contributed by atoms with E-state index < -0.39 is 0 Å². The highest BCUT2D eigenvalue weighted by Gasteiger charge is 2.25. The van der Waals surface area contributed by atoms with Crippen molar-refractivity contribution in [1.82, 2.24) is 14.1 Å². The number of nitrogens with zero attached hydrogens (tertiary/aromatic N) is 3. The largest absolute Gasteiger partial charge is 0.497 e. The fourth-order valence-corrected chi connectivity index (χ4v) is 4.44. The van der Waals surface area contributed by atoms with Crippen molar-refractivity contribution in [2.45, 2.75) is 25.3 Å². The van der Waals surface area contributed by atoms with Crippen LogP contribution in [-0.2, 0) is 6.54 Å². The molecule has 31 heavy (non-hydrogen) atoms. The van der Waals surface area contributed by atoms with E-state index in [0.29, 0.717) is 29.3 Å². The second-order valence-corrected chi connectivity index (χ2v) is 8.65. The predicted octanol–water partition coefficient (Wildman–Crippen LogP) is 4.89. The van der Waals surface area contributed by atoms with Crippen LogP contribution < -0.4 is 15.0 Å². The average Bonchev–Trinajstić information content (AvgIpc) is 3.53. The number of fused-ring (bicyclic) bond motifs is 1. The number of benzene rings is 2. The summed E-state index contributed by atoms with van der Waals surface area (Å²) < 4.78 is 15.3. The van der Waals surface area contributed by atoms with E-state index in [1.54, 1.807) is 18.8 Å². The molecule has 1 fully saturated rings. The van der Waals surface area contributed by atoms with Crippen LogP contribution in [0, 0.1) is 0 Å². The highest BCUT2D eigenvalue weighted by atomic mass is 79.9. The average molecular weight is 480 g/mol. The van der Waals surface area contributed by atoms with E-state index in [1.165, 1.54) is 12.8 Å². The first-order chi connectivity index (χ1) is 15.1. The molecule has 158 valence electrons. The standard InChI is InChI=1S/C24H22BrN3O3/c1-30-18-7-5-16(23(10-18)31-2)11-27-12-21(25)19-8-6-17(9-20(19)24(27)29)28-13-22(26-14-28)15-3-4-15/h5-10,12-15H,3-4,11H2,1-2H3. The summed E-state index contributed by atoms with van der Waals surface area (Å²) in [7, 11) is 3.23. The quantitative estimate of drug-likeness (QED) is 0.394. The molecule has 0 spiro atoms. The van der Waals surface area contributed by atoms with E-state index in [9.17, 15) is 4.79 Å². The van der Waals surface area contributed by atoms with Crippen LogP contribution in [0.2, 0.25) is 0 Å². The Kier molecular flexibility index (Phi) is 5.06. The van der Waals surface area contributed by atoms with Crippen molar-refractivity contribution in [2.24, 2.45) is 0 Å². The first-order valence-electron chi connectivity index (χ1n) is 10.1. The molecule has 0 radical (unpaired) electrons. The lowest BCUT2D eigenvalue weighted by Crippen LogP contribution is -2.21. The maximum absolute atomic E-state index is 13.4. The summed E-state index contributed by atoms with van der Waals surface area (Å²) >= 11 is 3.64. The molecule has 6 nitrogen and oxygen atoms in total. The van der Waals surface area contributed by atoms with Gasteiger partial charge in [0.05, 0.1) is 38.2 Å². The van der Waals surface area contributed by atoms with Crippen molar-refractivity contribution in [1.29, 1.82) is 0 Å². The topological polar surface area (TPSA) is 58.3 Å². The van der Waals surface area contributed by atoms with E-state index in [4.69, 9.17) is 9.47 Å². The van der Waals surface area contributed by atoms with Crippen LogP contribution >= 0.6 is 15.9 Å². The normalized spacial score (nSPS) is 13.5. The summed E-state index contributed by atoms with van der Waals surface area (Å²) in [5, 5.41) is 1.54. The van der Waals surface area contributed by atoms with Crippen molar-refractivity contribution in [3.63, 3.8) is 0 Å². The molecule has 0 atom stereocenters. The van der Waals surface area contributed by atoms with E-state index in [0.717, 1.165) is 26.8 Å². The van der Waals surface area contributed by atoms with E-state index >= 15 is 0 Å². The molecular formula is C24H22BrN3O3. The molecule has 2 aromatic heterocycles. The van der Waals surface area contributed by atoms with Crippen molar-refractivity contribution in [2.75, 3.05) is 14.2 Å². The van der Waals surface area contributed by atoms with Crippen LogP contribution in [0.1, 0.15) is 30.0 Å². The molecule has 1 aliphatic rings. The van der Waals surface area contributed by atoms with Gasteiger partial charge in [-0.3, -0.25) is 4.79 Å². The molecule has 0 aliphatic heterocycles. The Labute approximate surface area is 188 Å². The van der Waals surface area contributed by atoms with Gasteiger partial charge in [-0.25, -0.2) is 4.98 Å². The van der Waals surface area contributed by atoms with Gasteiger partial charge in [-0.2, -0.15) is 0 Å². The summed E-state index contributed by atoms with van der Waals surface area (Å²) in [6, 6.07) is 11.5. The molecule has 4 aromatic rings. The van der Waals surface area contributed by atoms with Gasteiger partial charge in [-0.1, -0.05) is 6.07 Å². The minimum Gasteiger partial charge on any atom is -0.497 e. The fraction of sp³-hybridized carbons (Fsp3) is 0.250. The number of rotatable bonds is 6. The second kappa shape index (κ2) is 7.89. The Bertz CT molecular complexity index is 1340. The predicted molar refractivity (Wildman–Crippen MR) is 124 cm³/mol. The van der Waals surface area contributed by atoms with Gasteiger partial charge < -0.3 is 18.6 Å². The third kappa shape index (κ3) is 3.74. The first kappa shape index (κ1) is 19.9. The van der Waals surface area contributed by atoms with E-state index in [2.05, 4.69) is 27.1 Å². The highest BCUT2D eigenvalue weighted by molar-refractivity contribution is 9.10. The van der Waals surface area contributed by atoms with Crippen LogP contribution in [0.4, 0.5) is 0 Å². The molecule has 0 N–H and O–H groups in total. The second-order valence-electron chi connectivity index (χ2n) is 7.80. The molecular weight excluding hydrogens is 458 g/mol. The van der Waals surface area contributed by atoms with Gasteiger partial charge in [0.2, 0.25) is 0 Å². The highest BCUT2D eigenvalue weighted by Crippen LogP contribution is 2.39. The Morgan fingerprint density at radius 3 is 2.65 bits per heavy atom. The van der Waals surface area contributed by atoms with Crippen LogP contribution in [-0.4, -0.2) is 28.3 Å². The monoisotopic (exact) mass is 479 g/mol. The van der Waals surface area contributed by atoms with Crippen molar-refractivity contribution < 1.29 is 9.47 Å². The fourth-order valence-electron chi connectivity index (χ4n) is 3.85. The third-order valence-electron chi connectivity index (χ3n) is 5.75. The number of aromatic nitrogens is 3. The summed E-state index contributed by atoms with van der Waals surface area (Å²) in [5.74, 6) is 1.98. The van der Waals surface area contributed by atoms with E-state index in [1.807, 2.05) is 53.5 Å². The van der Waals surface area contributed by atoms with Crippen LogP contribution in [0.25, 0.3) is 16.5 Å². The summed E-state index contributed by atoms with van der Waals surface area (Å²) in [6.45, 7) is 0.391. The molecule has 1 aliphatic carbocycles. The van der Waals surface area contributed by atoms with Crippen molar-refractivity contribution >= 4 is 26.7 Å². The number of hydrogen-bond donors (Lipinski definition) is 0. The van der Waals surface area contributed by atoms with Gasteiger partial charge in [0.1, 0.15) is 11.5 Å². The smallest absolute Gasteiger partial charge is 0.258 e. The Morgan fingerprint density at radius 1 is 1.06 bits per heavy atom. The molecule has 2 aromatic carbocycles. The van der Waals surface area contributed by atoms with Gasteiger partial charge in [-0.05, 0) is 53.0 Å². The molecule has 0 bridgehead atoms. The lowest BCUT2D eigenvalue weighted by molar-refractivity contribution is 0.390. The van der Waals surface area contributed by atoms with Crippen molar-refractivity contribution in [3.8, 4) is 17.2 Å². The zero-order valence-corrected chi connectivity index (χ0v) is 18.9. The minimum absolute atomic E-state index is 0.0551. The zero-order chi connectivity index (χ0) is 21.5. The molecule has 0 saturated heterocycles. The van der Waals surface area contributed by atoms with Gasteiger partial charge in [0, 0.05) is 45.5 Å². The number of methoxy groups -OCH3 is 2. The number of ether oxygens (including phenoxy) is 2. The van der Waals surface area contributed by atoms with Gasteiger partial charge in [0.25, 0.3) is 5.56 Å². The lowest BCUT2D eigenvalue weighted by Gasteiger charge is -2.14. The summed E-state index contributed by atoms with van der Waals surface area (Å²) in [6.07, 6.45) is 8.14. The zero-order valence-electron chi connectivity index (χ0n) is 17.3.